The van der Waals surface area contributed by atoms with Crippen LogP contribution in [-0.4, -0.2) is 35.3 Å². The summed E-state index contributed by atoms with van der Waals surface area (Å²) >= 11 is 0. The predicted octanol–water partition coefficient (Wildman–Crippen LogP) is 2.28. The smallest absolute Gasteiger partial charge is 0.224 e. The number of nitrogens with one attached hydrogen (secondary N) is 2. The van der Waals surface area contributed by atoms with Gasteiger partial charge >= 0.3 is 0 Å². The minimum atomic E-state index is 0.305. The first-order valence-corrected chi connectivity index (χ1v) is 6.73. The zero-order valence-corrected chi connectivity index (χ0v) is 11.1. The molecule has 2 unspecified atom stereocenters. The van der Waals surface area contributed by atoms with Gasteiger partial charge in [-0.15, -0.1) is 0 Å². The molecule has 0 saturated carbocycles. The first kappa shape index (κ1) is 13.1. The lowest BCUT2D eigenvalue weighted by molar-refractivity contribution is 0.120. The third-order valence-electron chi connectivity index (χ3n) is 3.17. The van der Waals surface area contributed by atoms with E-state index < -0.39 is 0 Å². The summed E-state index contributed by atoms with van der Waals surface area (Å²) in [5.74, 6) is 1.54. The Hall–Kier alpha value is -1.36. The Morgan fingerprint density at radius 2 is 2.44 bits per heavy atom. The number of rotatable bonds is 6. The molecule has 5 nitrogen and oxygen atoms in total. The Balaban J connectivity index is 1.86. The summed E-state index contributed by atoms with van der Waals surface area (Å²) < 4.78 is 5.55. The van der Waals surface area contributed by atoms with Gasteiger partial charge in [-0.25, -0.2) is 4.98 Å². The van der Waals surface area contributed by atoms with Crippen molar-refractivity contribution in [3.05, 3.63) is 12.3 Å². The van der Waals surface area contributed by atoms with Crippen molar-refractivity contribution in [1.29, 1.82) is 0 Å². The van der Waals surface area contributed by atoms with E-state index in [0.29, 0.717) is 18.1 Å². The summed E-state index contributed by atoms with van der Waals surface area (Å²) in [6, 6.07) is 2.31. The number of ether oxygens (including phenoxy) is 1. The standard InChI is InChI=1S/C13H22N4O/c1-3-10(2)16-12-6-7-14-13(17-12)15-9-11-5-4-8-18-11/h6-7,10-11H,3-5,8-9H2,1-2H3,(H2,14,15,16,17). The first-order valence-electron chi connectivity index (χ1n) is 6.73. The topological polar surface area (TPSA) is 59.1 Å². The predicted molar refractivity (Wildman–Crippen MR) is 72.9 cm³/mol. The molecule has 0 aliphatic carbocycles. The lowest BCUT2D eigenvalue weighted by Crippen LogP contribution is -2.20. The maximum Gasteiger partial charge on any atom is 0.224 e. The monoisotopic (exact) mass is 250 g/mol. The van der Waals surface area contributed by atoms with E-state index in [-0.39, 0.29) is 0 Å². The molecule has 5 heteroatoms. The van der Waals surface area contributed by atoms with Crippen molar-refractivity contribution in [2.24, 2.45) is 0 Å². The Bertz CT molecular complexity index is 366. The van der Waals surface area contributed by atoms with Gasteiger partial charge in [0.05, 0.1) is 6.10 Å². The van der Waals surface area contributed by atoms with Crippen LogP contribution in [0.15, 0.2) is 12.3 Å². The van der Waals surface area contributed by atoms with E-state index in [1.807, 2.05) is 6.07 Å². The highest BCUT2D eigenvalue weighted by Gasteiger charge is 2.15. The minimum Gasteiger partial charge on any atom is -0.376 e. The molecule has 0 bridgehead atoms. The molecule has 1 aliphatic rings. The lowest BCUT2D eigenvalue weighted by Gasteiger charge is -2.14. The third-order valence-corrected chi connectivity index (χ3v) is 3.17. The Morgan fingerprint density at radius 3 is 3.17 bits per heavy atom. The van der Waals surface area contributed by atoms with Crippen LogP contribution in [-0.2, 0) is 4.74 Å². The van der Waals surface area contributed by atoms with Crippen molar-refractivity contribution in [2.75, 3.05) is 23.8 Å². The number of aromatic nitrogens is 2. The molecule has 1 aliphatic heterocycles. The molecule has 0 radical (unpaired) electrons. The van der Waals surface area contributed by atoms with Crippen LogP contribution >= 0.6 is 0 Å². The van der Waals surface area contributed by atoms with Crippen molar-refractivity contribution in [2.45, 2.75) is 45.3 Å². The maximum absolute atomic E-state index is 5.55. The Kier molecular flexibility index (Phi) is 4.75. The van der Waals surface area contributed by atoms with E-state index in [2.05, 4.69) is 34.4 Å². The second-order valence-electron chi connectivity index (χ2n) is 4.74. The van der Waals surface area contributed by atoms with Crippen molar-refractivity contribution in [3.63, 3.8) is 0 Å². The average Bonchev–Trinajstić information content (AvgIpc) is 2.90. The molecule has 1 saturated heterocycles. The maximum atomic E-state index is 5.55. The summed E-state index contributed by atoms with van der Waals surface area (Å²) in [7, 11) is 0. The van der Waals surface area contributed by atoms with E-state index in [9.17, 15) is 0 Å². The van der Waals surface area contributed by atoms with Crippen molar-refractivity contribution >= 4 is 11.8 Å². The quantitative estimate of drug-likeness (QED) is 0.811. The lowest BCUT2D eigenvalue weighted by atomic mass is 10.2. The first-order chi connectivity index (χ1) is 8.78. The third kappa shape index (κ3) is 3.84. The number of hydrogen-bond acceptors (Lipinski definition) is 5. The molecule has 18 heavy (non-hydrogen) atoms. The largest absolute Gasteiger partial charge is 0.376 e. The minimum absolute atomic E-state index is 0.305. The van der Waals surface area contributed by atoms with E-state index in [0.717, 1.165) is 38.2 Å². The molecule has 1 aromatic heterocycles. The SMILES string of the molecule is CCC(C)Nc1ccnc(NCC2CCCO2)n1. The molecule has 1 aromatic rings. The van der Waals surface area contributed by atoms with Crippen LogP contribution in [0.1, 0.15) is 33.1 Å². The molecule has 2 N–H and O–H groups in total. The summed E-state index contributed by atoms with van der Waals surface area (Å²) in [6.07, 6.45) is 5.43. The Morgan fingerprint density at radius 1 is 1.56 bits per heavy atom. The summed E-state index contributed by atoms with van der Waals surface area (Å²) in [4.78, 5) is 8.65. The van der Waals surface area contributed by atoms with Gasteiger partial charge < -0.3 is 15.4 Å². The van der Waals surface area contributed by atoms with Gasteiger partial charge in [-0.05, 0) is 32.3 Å². The molecule has 1 fully saturated rings. The van der Waals surface area contributed by atoms with Gasteiger partial charge in [0.2, 0.25) is 5.95 Å². The van der Waals surface area contributed by atoms with Crippen LogP contribution in [0.25, 0.3) is 0 Å². The van der Waals surface area contributed by atoms with Crippen LogP contribution in [0.5, 0.6) is 0 Å². The van der Waals surface area contributed by atoms with Crippen LogP contribution in [0.3, 0.4) is 0 Å². The highest BCUT2D eigenvalue weighted by atomic mass is 16.5. The second kappa shape index (κ2) is 6.54. The summed E-state index contributed by atoms with van der Waals surface area (Å²) in [5, 5.41) is 6.57. The highest BCUT2D eigenvalue weighted by molar-refractivity contribution is 5.40. The van der Waals surface area contributed by atoms with Crippen LogP contribution < -0.4 is 10.6 Å². The highest BCUT2D eigenvalue weighted by Crippen LogP contribution is 2.13. The van der Waals surface area contributed by atoms with E-state index in [1.165, 1.54) is 0 Å². The molecule has 2 heterocycles. The van der Waals surface area contributed by atoms with E-state index in [4.69, 9.17) is 4.74 Å². The van der Waals surface area contributed by atoms with Crippen LogP contribution in [0.2, 0.25) is 0 Å². The molecule has 100 valence electrons. The van der Waals surface area contributed by atoms with Gasteiger partial charge in [-0.3, -0.25) is 0 Å². The van der Waals surface area contributed by atoms with E-state index >= 15 is 0 Å². The van der Waals surface area contributed by atoms with E-state index in [1.54, 1.807) is 6.20 Å². The van der Waals surface area contributed by atoms with Crippen molar-refractivity contribution < 1.29 is 4.74 Å². The van der Waals surface area contributed by atoms with Gasteiger partial charge in [-0.1, -0.05) is 6.92 Å². The van der Waals surface area contributed by atoms with Crippen molar-refractivity contribution in [1.82, 2.24) is 9.97 Å². The van der Waals surface area contributed by atoms with Crippen LogP contribution in [0, 0.1) is 0 Å². The number of hydrogen-bond donors (Lipinski definition) is 2. The fourth-order valence-electron chi connectivity index (χ4n) is 1.89. The zero-order valence-electron chi connectivity index (χ0n) is 11.1. The van der Waals surface area contributed by atoms with Crippen molar-refractivity contribution in [3.8, 4) is 0 Å². The number of anilines is 2. The van der Waals surface area contributed by atoms with Gasteiger partial charge in [0.1, 0.15) is 5.82 Å². The molecule has 0 amide bonds. The van der Waals surface area contributed by atoms with Gasteiger partial charge in [0.25, 0.3) is 0 Å². The molecule has 2 rings (SSSR count). The molecular weight excluding hydrogens is 228 g/mol. The molecule has 0 spiro atoms. The van der Waals surface area contributed by atoms with Crippen LogP contribution in [0.4, 0.5) is 11.8 Å². The number of nitrogens with zero attached hydrogens (tertiary/aromatic N) is 2. The normalized spacial score (nSPS) is 20.7. The second-order valence-corrected chi connectivity index (χ2v) is 4.74. The van der Waals surface area contributed by atoms with Gasteiger partial charge in [0, 0.05) is 25.4 Å². The molecule has 2 atom stereocenters. The summed E-state index contributed by atoms with van der Waals surface area (Å²) in [6.45, 7) is 5.95. The van der Waals surface area contributed by atoms with Gasteiger partial charge in [-0.2, -0.15) is 4.98 Å². The molecular formula is C13H22N4O. The molecule has 0 aromatic carbocycles. The Labute approximate surface area is 108 Å². The fraction of sp³-hybridized carbons (Fsp3) is 0.692. The zero-order chi connectivity index (χ0) is 12.8. The average molecular weight is 250 g/mol. The summed E-state index contributed by atoms with van der Waals surface area (Å²) in [5.41, 5.74) is 0. The fourth-order valence-corrected chi connectivity index (χ4v) is 1.89. The van der Waals surface area contributed by atoms with Gasteiger partial charge in [0.15, 0.2) is 0 Å².